The molecule has 1 heterocycles. The number of allylic oxidation sites excluding steroid dienone is 1. The lowest BCUT2D eigenvalue weighted by molar-refractivity contribution is -0.162. The monoisotopic (exact) mass is 398 g/mol. The highest BCUT2D eigenvalue weighted by Crippen LogP contribution is 2.46. The molecule has 2 rings (SSSR count). The van der Waals surface area contributed by atoms with Crippen LogP contribution in [-0.2, 0) is 19.1 Å². The van der Waals surface area contributed by atoms with Gasteiger partial charge < -0.3 is 24.8 Å². The van der Waals surface area contributed by atoms with Crippen molar-refractivity contribution in [3.05, 3.63) is 12.2 Å². The minimum absolute atomic E-state index is 0.0328. The fourth-order valence-corrected chi connectivity index (χ4v) is 4.17. The van der Waals surface area contributed by atoms with Crippen molar-refractivity contribution in [2.24, 2.45) is 11.3 Å². The zero-order valence-electron chi connectivity index (χ0n) is 16.6. The molecular weight excluding hydrogens is 364 g/mol. The lowest BCUT2D eigenvalue weighted by Crippen LogP contribution is -2.30. The molecule has 2 fully saturated rings. The molecule has 0 aromatic carbocycles. The predicted octanol–water partition coefficient (Wildman–Crippen LogP) is 3.35. The molecule has 0 spiro atoms. The summed E-state index contributed by atoms with van der Waals surface area (Å²) in [5.74, 6) is -2.68. The van der Waals surface area contributed by atoms with Gasteiger partial charge in [0.05, 0.1) is 18.4 Å². The summed E-state index contributed by atoms with van der Waals surface area (Å²) < 4.78 is 11.2. The van der Waals surface area contributed by atoms with Crippen LogP contribution in [0.3, 0.4) is 0 Å². The van der Waals surface area contributed by atoms with Crippen LogP contribution in [0.4, 0.5) is 0 Å². The van der Waals surface area contributed by atoms with Crippen molar-refractivity contribution in [1.29, 1.82) is 0 Å². The molecule has 0 aromatic rings. The van der Waals surface area contributed by atoms with Gasteiger partial charge in [0.2, 0.25) is 0 Å². The van der Waals surface area contributed by atoms with Crippen molar-refractivity contribution in [3.63, 3.8) is 0 Å². The molecule has 0 amide bonds. The normalized spacial score (nSPS) is 30.7. The molecule has 0 aromatic heterocycles. The van der Waals surface area contributed by atoms with Crippen LogP contribution in [0.2, 0.25) is 0 Å². The van der Waals surface area contributed by atoms with E-state index in [4.69, 9.17) is 9.47 Å². The second-order valence-corrected chi connectivity index (χ2v) is 8.07. The average molecular weight is 398 g/mol. The largest absolute Gasteiger partial charge is 0.481 e. The molecule has 2 aliphatic rings. The van der Waals surface area contributed by atoms with Gasteiger partial charge in [-0.15, -0.1) is 0 Å². The number of aliphatic hydroxyl groups excluding tert-OH is 1. The highest BCUT2D eigenvalue weighted by Gasteiger charge is 2.48. The van der Waals surface area contributed by atoms with Crippen LogP contribution >= 0.6 is 0 Å². The molecule has 4 atom stereocenters. The highest BCUT2D eigenvalue weighted by atomic mass is 16.7. The van der Waals surface area contributed by atoms with E-state index >= 15 is 0 Å². The number of hydrogen-bond acceptors (Lipinski definition) is 5. The number of unbranched alkanes of at least 4 members (excludes halogenated alkanes) is 4. The van der Waals surface area contributed by atoms with Gasteiger partial charge in [0.15, 0.2) is 6.29 Å². The van der Waals surface area contributed by atoms with Crippen LogP contribution in [0, 0.1) is 11.3 Å². The summed E-state index contributed by atoms with van der Waals surface area (Å²) in [6, 6.07) is 0. The number of aliphatic carboxylic acids is 2. The Bertz CT molecular complexity index is 527. The molecule has 7 heteroatoms. The molecule has 3 N–H and O–H groups in total. The van der Waals surface area contributed by atoms with Crippen LogP contribution < -0.4 is 0 Å². The lowest BCUT2D eigenvalue weighted by atomic mass is 9.79. The number of carboxylic acid groups (broad SMARTS) is 2. The van der Waals surface area contributed by atoms with Crippen molar-refractivity contribution >= 4 is 11.9 Å². The Morgan fingerprint density at radius 2 is 1.93 bits per heavy atom. The van der Waals surface area contributed by atoms with E-state index in [1.807, 2.05) is 6.08 Å². The molecule has 28 heavy (non-hydrogen) atoms. The van der Waals surface area contributed by atoms with E-state index in [0.717, 1.165) is 51.6 Å². The Kier molecular flexibility index (Phi) is 9.41. The van der Waals surface area contributed by atoms with Crippen LogP contribution in [0.1, 0.15) is 70.6 Å². The number of carboxylic acids is 2. The maximum atomic E-state index is 11.2. The van der Waals surface area contributed by atoms with E-state index in [1.165, 1.54) is 6.42 Å². The van der Waals surface area contributed by atoms with Crippen LogP contribution in [-0.4, -0.2) is 52.9 Å². The molecule has 1 saturated heterocycles. The Labute approximate surface area is 166 Å². The fourth-order valence-electron chi connectivity index (χ4n) is 4.17. The molecule has 7 nitrogen and oxygen atoms in total. The van der Waals surface area contributed by atoms with Crippen molar-refractivity contribution in [3.8, 4) is 0 Å². The van der Waals surface area contributed by atoms with Crippen LogP contribution in [0.25, 0.3) is 0 Å². The molecule has 1 aliphatic heterocycles. The summed E-state index contributed by atoms with van der Waals surface area (Å²) in [4.78, 5) is 22.4. The fraction of sp³-hybridized carbons (Fsp3) is 0.810. The van der Waals surface area contributed by atoms with Gasteiger partial charge in [-0.3, -0.25) is 9.59 Å². The van der Waals surface area contributed by atoms with Gasteiger partial charge in [-0.1, -0.05) is 25.0 Å². The minimum atomic E-state index is -1.02. The van der Waals surface area contributed by atoms with Crippen molar-refractivity contribution in [1.82, 2.24) is 0 Å². The summed E-state index contributed by atoms with van der Waals surface area (Å²) in [5, 5.41) is 28.7. The summed E-state index contributed by atoms with van der Waals surface area (Å²) in [5.41, 5.74) is -0.970. The number of aliphatic hydroxyl groups is 1. The zero-order chi connectivity index (χ0) is 20.4. The van der Waals surface area contributed by atoms with Gasteiger partial charge in [-0.2, -0.15) is 0 Å². The Hall–Kier alpha value is -1.44. The summed E-state index contributed by atoms with van der Waals surface area (Å²) >= 11 is 0. The lowest BCUT2D eigenvalue weighted by Gasteiger charge is -2.27. The summed E-state index contributed by atoms with van der Waals surface area (Å²) in [6.07, 6.45) is 10.9. The van der Waals surface area contributed by atoms with Gasteiger partial charge in [0, 0.05) is 18.6 Å². The highest BCUT2D eigenvalue weighted by molar-refractivity contribution is 5.72. The van der Waals surface area contributed by atoms with Crippen LogP contribution in [0.5, 0.6) is 0 Å². The second-order valence-electron chi connectivity index (χ2n) is 8.07. The smallest absolute Gasteiger partial charge is 0.306 e. The quantitative estimate of drug-likeness (QED) is 0.341. The number of rotatable bonds is 12. The summed E-state index contributed by atoms with van der Waals surface area (Å²) in [6.45, 7) is 1.51. The third-order valence-corrected chi connectivity index (χ3v) is 5.78. The van der Waals surface area contributed by atoms with Crippen molar-refractivity contribution in [2.75, 3.05) is 13.2 Å². The average Bonchev–Trinajstić information content (AvgIpc) is 2.97. The first-order chi connectivity index (χ1) is 13.4. The predicted molar refractivity (Wildman–Crippen MR) is 103 cm³/mol. The molecule has 1 aliphatic carbocycles. The third kappa shape index (κ3) is 7.18. The minimum Gasteiger partial charge on any atom is -0.481 e. The first-order valence-electron chi connectivity index (χ1n) is 10.5. The number of hydrogen-bond donors (Lipinski definition) is 3. The van der Waals surface area contributed by atoms with Crippen molar-refractivity contribution in [2.45, 2.75) is 83.0 Å². The molecule has 1 unspecified atom stereocenters. The maximum Gasteiger partial charge on any atom is 0.306 e. The molecule has 0 radical (unpaired) electrons. The van der Waals surface area contributed by atoms with Crippen molar-refractivity contribution < 1.29 is 34.4 Å². The number of ether oxygens (including phenoxy) is 2. The standard InChI is InChI=1S/C21H34O7/c22-17-13-16(20(25)26)14-21(17,15-18(23)24)10-6-3-1-2-4-7-11-27-19-9-5-8-12-28-19/h6,10,16-17,19,22H,1-5,7-9,11-15H2,(H,23,24)(H,25,26)/t16-,17+,19?,21-/m1/s1. The van der Waals surface area contributed by atoms with E-state index < -0.39 is 29.4 Å². The van der Waals surface area contributed by atoms with E-state index in [2.05, 4.69) is 0 Å². The number of carbonyl (C=O) groups is 2. The first-order valence-corrected chi connectivity index (χ1v) is 10.5. The van der Waals surface area contributed by atoms with E-state index in [1.54, 1.807) is 6.08 Å². The Morgan fingerprint density at radius 1 is 1.14 bits per heavy atom. The van der Waals surface area contributed by atoms with E-state index in [0.29, 0.717) is 6.61 Å². The Balaban J connectivity index is 1.65. The zero-order valence-corrected chi connectivity index (χ0v) is 16.6. The Morgan fingerprint density at radius 3 is 2.57 bits per heavy atom. The van der Waals surface area contributed by atoms with E-state index in [9.17, 15) is 24.9 Å². The molecular formula is C21H34O7. The van der Waals surface area contributed by atoms with Crippen LogP contribution in [0.15, 0.2) is 12.2 Å². The maximum absolute atomic E-state index is 11.2. The molecule has 0 bridgehead atoms. The molecule has 160 valence electrons. The summed E-state index contributed by atoms with van der Waals surface area (Å²) in [7, 11) is 0. The second kappa shape index (κ2) is 11.5. The van der Waals surface area contributed by atoms with Gasteiger partial charge >= 0.3 is 11.9 Å². The third-order valence-electron chi connectivity index (χ3n) is 5.78. The first kappa shape index (κ1) is 22.8. The SMILES string of the molecule is O=C(O)C[C@@]1(C=CCCCCCCOC2CCCCO2)C[C@H](C(=O)O)C[C@@H]1O. The van der Waals surface area contributed by atoms with Gasteiger partial charge in [-0.05, 0) is 51.4 Å². The topological polar surface area (TPSA) is 113 Å². The van der Waals surface area contributed by atoms with Gasteiger partial charge in [0.1, 0.15) is 0 Å². The van der Waals surface area contributed by atoms with Gasteiger partial charge in [0.25, 0.3) is 0 Å². The van der Waals surface area contributed by atoms with Gasteiger partial charge in [-0.25, -0.2) is 0 Å². The molecule has 1 saturated carbocycles. The van der Waals surface area contributed by atoms with E-state index in [-0.39, 0.29) is 25.6 Å².